The quantitative estimate of drug-likeness (QED) is 0.908. The van der Waals surface area contributed by atoms with Gasteiger partial charge in [0.15, 0.2) is 5.76 Å². The normalized spacial score (nSPS) is 17.1. The Labute approximate surface area is 111 Å². The second kappa shape index (κ2) is 6.29. The molecule has 1 aromatic heterocycles. The fraction of sp³-hybridized carbons (Fsp3) is 0.615. The molecule has 2 rings (SSSR count). The largest absolute Gasteiger partial charge is 0.455 e. The number of hydrogen-bond acceptors (Lipinski definition) is 4. The highest BCUT2D eigenvalue weighted by Gasteiger charge is 2.24. The van der Waals surface area contributed by atoms with Gasteiger partial charge < -0.3 is 14.4 Å². The van der Waals surface area contributed by atoms with Crippen molar-refractivity contribution in [2.45, 2.75) is 18.6 Å². The van der Waals surface area contributed by atoms with Crippen molar-refractivity contribution in [3.63, 3.8) is 0 Å². The summed E-state index contributed by atoms with van der Waals surface area (Å²) < 4.78 is 5.53. The van der Waals surface area contributed by atoms with Crippen LogP contribution in [0.3, 0.4) is 0 Å². The Morgan fingerprint density at radius 2 is 2.22 bits per heavy atom. The fourth-order valence-corrected chi connectivity index (χ4v) is 2.63. The van der Waals surface area contributed by atoms with Gasteiger partial charge in [-0.1, -0.05) is 0 Å². The number of carbonyl (C=O) groups is 1. The third kappa shape index (κ3) is 3.09. The molecule has 0 aromatic carbocycles. The second-order valence-electron chi connectivity index (χ2n) is 4.62. The molecular weight excluding hydrogens is 250 g/mol. The molecule has 18 heavy (non-hydrogen) atoms. The van der Waals surface area contributed by atoms with E-state index in [2.05, 4.69) is 0 Å². The highest BCUT2D eigenvalue weighted by atomic mass is 32.2. The Bertz CT molecular complexity index is 397. The first kappa shape index (κ1) is 13.5. The third-order valence-corrected chi connectivity index (χ3v) is 3.89. The molecular formula is C13H19NO3S. The first-order valence-corrected chi connectivity index (χ1v) is 7.61. The highest BCUT2D eigenvalue weighted by molar-refractivity contribution is 7.97. The van der Waals surface area contributed by atoms with Gasteiger partial charge in [-0.15, -0.1) is 0 Å². The zero-order valence-electron chi connectivity index (χ0n) is 10.6. The van der Waals surface area contributed by atoms with Crippen LogP contribution in [0.25, 0.3) is 0 Å². The van der Waals surface area contributed by atoms with Crippen LogP contribution in [0.2, 0.25) is 0 Å². The van der Waals surface area contributed by atoms with Gasteiger partial charge in [0.1, 0.15) is 5.76 Å². The van der Waals surface area contributed by atoms with Crippen molar-refractivity contribution in [2.75, 3.05) is 26.0 Å². The average molecular weight is 269 g/mol. The number of aliphatic hydroxyl groups is 1. The standard InChI is InChI=1S/C13H19NO3S/c1-18-9-11-2-3-12(17-11)13(16)14-6-4-10(8-15)5-7-14/h2-3,10,15H,4-9H2,1H3. The van der Waals surface area contributed by atoms with Gasteiger partial charge >= 0.3 is 0 Å². The molecule has 100 valence electrons. The topological polar surface area (TPSA) is 53.7 Å². The van der Waals surface area contributed by atoms with Crippen molar-refractivity contribution < 1.29 is 14.3 Å². The molecule has 0 bridgehead atoms. The van der Waals surface area contributed by atoms with Gasteiger partial charge in [0.25, 0.3) is 5.91 Å². The maximum atomic E-state index is 12.2. The van der Waals surface area contributed by atoms with E-state index in [4.69, 9.17) is 9.52 Å². The van der Waals surface area contributed by atoms with Gasteiger partial charge in [-0.3, -0.25) is 4.79 Å². The first-order chi connectivity index (χ1) is 8.74. The molecule has 1 aromatic rings. The van der Waals surface area contributed by atoms with Crippen molar-refractivity contribution in [3.8, 4) is 0 Å². The minimum absolute atomic E-state index is 0.0289. The number of nitrogens with zero attached hydrogens (tertiary/aromatic N) is 1. The lowest BCUT2D eigenvalue weighted by atomic mass is 9.98. The van der Waals surface area contributed by atoms with Gasteiger partial charge in [0.05, 0.1) is 5.75 Å². The van der Waals surface area contributed by atoms with Crippen LogP contribution >= 0.6 is 11.8 Å². The molecule has 1 fully saturated rings. The lowest BCUT2D eigenvalue weighted by Gasteiger charge is -2.30. The van der Waals surface area contributed by atoms with Crippen LogP contribution in [0.4, 0.5) is 0 Å². The molecule has 5 heteroatoms. The molecule has 1 aliphatic heterocycles. The molecule has 4 nitrogen and oxygen atoms in total. The summed E-state index contributed by atoms with van der Waals surface area (Å²) in [6.07, 6.45) is 3.75. The maximum absolute atomic E-state index is 12.2. The molecule has 0 unspecified atom stereocenters. The summed E-state index contributed by atoms with van der Waals surface area (Å²) in [6.45, 7) is 1.64. The first-order valence-electron chi connectivity index (χ1n) is 6.22. The number of rotatable bonds is 4. The second-order valence-corrected chi connectivity index (χ2v) is 5.48. The number of piperidine rings is 1. The molecule has 0 atom stereocenters. The molecule has 2 heterocycles. The van der Waals surface area contributed by atoms with Crippen molar-refractivity contribution in [3.05, 3.63) is 23.7 Å². The number of furan rings is 1. The van der Waals surface area contributed by atoms with E-state index in [1.165, 1.54) is 0 Å². The van der Waals surface area contributed by atoms with Gasteiger partial charge in [0, 0.05) is 19.7 Å². The van der Waals surface area contributed by atoms with E-state index in [0.29, 0.717) is 24.8 Å². The van der Waals surface area contributed by atoms with Crippen molar-refractivity contribution >= 4 is 17.7 Å². The van der Waals surface area contributed by atoms with E-state index in [1.807, 2.05) is 17.2 Å². The molecule has 0 radical (unpaired) electrons. The molecule has 0 saturated carbocycles. The van der Waals surface area contributed by atoms with E-state index in [0.717, 1.165) is 24.4 Å². The fourth-order valence-electron chi connectivity index (χ4n) is 2.19. The lowest BCUT2D eigenvalue weighted by Crippen LogP contribution is -2.39. The van der Waals surface area contributed by atoms with Crippen LogP contribution in [0.15, 0.2) is 16.5 Å². The number of thioether (sulfide) groups is 1. The Kier molecular flexibility index (Phi) is 4.72. The van der Waals surface area contributed by atoms with Crippen LogP contribution in [0.1, 0.15) is 29.2 Å². The predicted octanol–water partition coefficient (Wildman–Crippen LogP) is 1.99. The summed E-state index contributed by atoms with van der Waals surface area (Å²) in [7, 11) is 0. The number of amides is 1. The molecule has 1 N–H and O–H groups in total. The summed E-state index contributed by atoms with van der Waals surface area (Å²) in [5.74, 6) is 2.38. The van der Waals surface area contributed by atoms with Crippen LogP contribution in [-0.4, -0.2) is 41.9 Å². The van der Waals surface area contributed by atoms with Gasteiger partial charge in [-0.25, -0.2) is 0 Å². The SMILES string of the molecule is CSCc1ccc(C(=O)N2CCC(CO)CC2)o1. The van der Waals surface area contributed by atoms with Crippen LogP contribution in [0.5, 0.6) is 0 Å². The smallest absolute Gasteiger partial charge is 0.289 e. The van der Waals surface area contributed by atoms with E-state index in [9.17, 15) is 4.79 Å². The van der Waals surface area contributed by atoms with E-state index < -0.39 is 0 Å². The van der Waals surface area contributed by atoms with Crippen LogP contribution < -0.4 is 0 Å². The van der Waals surface area contributed by atoms with E-state index in [1.54, 1.807) is 17.8 Å². The van der Waals surface area contributed by atoms with Gasteiger partial charge in [0.2, 0.25) is 0 Å². The van der Waals surface area contributed by atoms with Crippen molar-refractivity contribution in [2.24, 2.45) is 5.92 Å². The number of carbonyl (C=O) groups excluding carboxylic acids is 1. The van der Waals surface area contributed by atoms with Gasteiger partial charge in [-0.05, 0) is 37.1 Å². The van der Waals surface area contributed by atoms with Crippen molar-refractivity contribution in [1.82, 2.24) is 4.90 Å². The Morgan fingerprint density at radius 3 is 2.83 bits per heavy atom. The van der Waals surface area contributed by atoms with Crippen LogP contribution in [-0.2, 0) is 5.75 Å². The molecule has 0 aliphatic carbocycles. The monoisotopic (exact) mass is 269 g/mol. The molecule has 1 aliphatic rings. The number of hydrogen-bond donors (Lipinski definition) is 1. The summed E-state index contributed by atoms with van der Waals surface area (Å²) in [5, 5.41) is 9.07. The summed E-state index contributed by atoms with van der Waals surface area (Å²) >= 11 is 1.67. The molecule has 1 amide bonds. The molecule has 1 saturated heterocycles. The Hall–Kier alpha value is -0.940. The summed E-state index contributed by atoms with van der Waals surface area (Å²) in [5.41, 5.74) is 0. The Balaban J connectivity index is 1.94. The Morgan fingerprint density at radius 1 is 1.50 bits per heavy atom. The minimum Gasteiger partial charge on any atom is -0.455 e. The zero-order chi connectivity index (χ0) is 13.0. The molecule has 0 spiro atoms. The third-order valence-electron chi connectivity index (χ3n) is 3.32. The lowest BCUT2D eigenvalue weighted by molar-refractivity contribution is 0.0619. The van der Waals surface area contributed by atoms with E-state index >= 15 is 0 Å². The maximum Gasteiger partial charge on any atom is 0.289 e. The zero-order valence-corrected chi connectivity index (χ0v) is 11.4. The number of aliphatic hydroxyl groups excluding tert-OH is 1. The van der Waals surface area contributed by atoms with E-state index in [-0.39, 0.29) is 12.5 Å². The van der Waals surface area contributed by atoms with Gasteiger partial charge in [-0.2, -0.15) is 11.8 Å². The average Bonchev–Trinajstić information content (AvgIpc) is 2.87. The van der Waals surface area contributed by atoms with Crippen molar-refractivity contribution in [1.29, 1.82) is 0 Å². The predicted molar refractivity (Wildman–Crippen MR) is 71.6 cm³/mol. The minimum atomic E-state index is -0.0289. The number of likely N-dealkylation sites (tertiary alicyclic amines) is 1. The summed E-state index contributed by atoms with van der Waals surface area (Å²) in [4.78, 5) is 14.0. The van der Waals surface area contributed by atoms with Crippen LogP contribution in [0, 0.1) is 5.92 Å². The summed E-state index contributed by atoms with van der Waals surface area (Å²) in [6, 6.07) is 3.62. The highest BCUT2D eigenvalue weighted by Crippen LogP contribution is 2.20.